The number of fused-ring (bicyclic) bond motifs is 3. The van der Waals surface area contributed by atoms with E-state index in [1.807, 2.05) is 6.07 Å². The van der Waals surface area contributed by atoms with Crippen LogP contribution in [0.15, 0.2) is 12.3 Å². The number of pyridine rings is 1. The van der Waals surface area contributed by atoms with Gasteiger partial charge in [0.2, 0.25) is 0 Å². The van der Waals surface area contributed by atoms with Gasteiger partial charge in [-0.3, -0.25) is 0 Å². The van der Waals surface area contributed by atoms with Crippen LogP contribution in [0.5, 0.6) is 0 Å². The lowest BCUT2D eigenvalue weighted by Crippen LogP contribution is -2.53. The number of hydrogen-bond acceptors (Lipinski definition) is 5. The lowest BCUT2D eigenvalue weighted by atomic mass is 9.84. The van der Waals surface area contributed by atoms with Gasteiger partial charge in [0.1, 0.15) is 11.9 Å². The van der Waals surface area contributed by atoms with E-state index in [-0.39, 0.29) is 0 Å². The highest BCUT2D eigenvalue weighted by Gasteiger charge is 2.34. The van der Waals surface area contributed by atoms with E-state index in [0.29, 0.717) is 23.1 Å². The lowest BCUT2D eigenvalue weighted by Gasteiger charge is -2.45. The molecule has 5 nitrogen and oxygen atoms in total. The number of rotatable bonds is 2. The first-order valence-corrected chi connectivity index (χ1v) is 6.41. The third-order valence-electron chi connectivity index (χ3n) is 4.02. The Morgan fingerprint density at radius 2 is 2.22 bits per heavy atom. The zero-order chi connectivity index (χ0) is 12.5. The number of piperidine rings is 3. The van der Waals surface area contributed by atoms with E-state index in [1.165, 1.54) is 25.9 Å². The summed E-state index contributed by atoms with van der Waals surface area (Å²) < 4.78 is 0. The topological polar surface area (TPSA) is 78.0 Å². The van der Waals surface area contributed by atoms with Crippen LogP contribution in [0.25, 0.3) is 0 Å². The second-order valence-corrected chi connectivity index (χ2v) is 5.16. The molecule has 3 aliphatic heterocycles. The third kappa shape index (κ3) is 2.00. The summed E-state index contributed by atoms with van der Waals surface area (Å²) >= 11 is 0. The SMILES string of the molecule is N#Cc1cnc(NC2CN3CCC2CC3)c(N)c1. The van der Waals surface area contributed by atoms with Crippen LogP contribution < -0.4 is 11.1 Å². The molecule has 0 amide bonds. The monoisotopic (exact) mass is 243 g/mol. The maximum Gasteiger partial charge on any atom is 0.149 e. The van der Waals surface area contributed by atoms with Crippen molar-refractivity contribution in [1.29, 1.82) is 5.26 Å². The van der Waals surface area contributed by atoms with E-state index in [0.717, 1.165) is 12.5 Å². The van der Waals surface area contributed by atoms with Crippen molar-refractivity contribution in [2.45, 2.75) is 18.9 Å². The summed E-state index contributed by atoms with van der Waals surface area (Å²) in [5.74, 6) is 1.44. The van der Waals surface area contributed by atoms with Gasteiger partial charge in [0.25, 0.3) is 0 Å². The maximum absolute atomic E-state index is 8.79. The first kappa shape index (κ1) is 11.3. The summed E-state index contributed by atoms with van der Waals surface area (Å²) in [7, 11) is 0. The summed E-state index contributed by atoms with van der Waals surface area (Å²) in [6.07, 6.45) is 4.09. The molecule has 0 aromatic carbocycles. The van der Waals surface area contributed by atoms with Gasteiger partial charge in [0, 0.05) is 18.8 Å². The highest BCUT2D eigenvalue weighted by Crippen LogP contribution is 2.30. The minimum absolute atomic E-state index is 0.440. The Hall–Kier alpha value is -1.80. The second-order valence-electron chi connectivity index (χ2n) is 5.16. The zero-order valence-corrected chi connectivity index (χ0v) is 10.3. The Bertz CT molecular complexity index is 485. The van der Waals surface area contributed by atoms with Gasteiger partial charge in [-0.05, 0) is 37.9 Å². The van der Waals surface area contributed by atoms with Gasteiger partial charge in [-0.15, -0.1) is 0 Å². The highest BCUT2D eigenvalue weighted by molar-refractivity contribution is 5.63. The van der Waals surface area contributed by atoms with Gasteiger partial charge in [-0.2, -0.15) is 5.26 Å². The molecule has 3 N–H and O–H groups in total. The van der Waals surface area contributed by atoms with Gasteiger partial charge in [-0.1, -0.05) is 0 Å². The number of hydrogen-bond donors (Lipinski definition) is 2. The number of nitriles is 1. The van der Waals surface area contributed by atoms with Gasteiger partial charge < -0.3 is 16.0 Å². The molecule has 1 atom stereocenters. The largest absolute Gasteiger partial charge is 0.396 e. The third-order valence-corrected chi connectivity index (χ3v) is 4.02. The fourth-order valence-corrected chi connectivity index (χ4v) is 2.97. The van der Waals surface area contributed by atoms with E-state index >= 15 is 0 Å². The predicted molar refractivity (Wildman–Crippen MR) is 69.9 cm³/mol. The maximum atomic E-state index is 8.79. The second kappa shape index (κ2) is 4.46. The average Bonchev–Trinajstić information content (AvgIpc) is 2.42. The van der Waals surface area contributed by atoms with Crippen molar-refractivity contribution in [2.24, 2.45) is 5.92 Å². The smallest absolute Gasteiger partial charge is 0.149 e. The molecule has 0 aliphatic carbocycles. The first-order valence-electron chi connectivity index (χ1n) is 6.41. The summed E-state index contributed by atoms with van der Waals surface area (Å²) in [6.45, 7) is 3.52. The van der Waals surface area contributed by atoms with E-state index < -0.39 is 0 Å². The van der Waals surface area contributed by atoms with Crippen LogP contribution >= 0.6 is 0 Å². The number of nitrogens with one attached hydrogen (secondary N) is 1. The molecular formula is C13H17N5. The molecule has 1 aromatic rings. The molecule has 1 unspecified atom stereocenters. The molecule has 5 heteroatoms. The summed E-state index contributed by atoms with van der Waals surface area (Å²) in [6, 6.07) is 4.16. The molecule has 0 spiro atoms. The molecule has 18 heavy (non-hydrogen) atoms. The summed E-state index contributed by atoms with van der Waals surface area (Å²) in [5, 5.41) is 12.2. The highest BCUT2D eigenvalue weighted by atomic mass is 15.2. The van der Waals surface area contributed by atoms with Crippen molar-refractivity contribution in [3.63, 3.8) is 0 Å². The Balaban J connectivity index is 1.75. The normalized spacial score (nSPS) is 29.8. The minimum atomic E-state index is 0.440. The molecule has 94 valence electrons. The van der Waals surface area contributed by atoms with Crippen molar-refractivity contribution in [3.05, 3.63) is 17.8 Å². The van der Waals surface area contributed by atoms with Crippen LogP contribution in [0, 0.1) is 17.2 Å². The molecule has 0 saturated carbocycles. The van der Waals surface area contributed by atoms with Crippen LogP contribution in [0.3, 0.4) is 0 Å². The van der Waals surface area contributed by atoms with E-state index in [4.69, 9.17) is 11.0 Å². The fourth-order valence-electron chi connectivity index (χ4n) is 2.97. The molecule has 4 heterocycles. The molecular weight excluding hydrogens is 226 g/mol. The van der Waals surface area contributed by atoms with Gasteiger partial charge in [0.15, 0.2) is 0 Å². The van der Waals surface area contributed by atoms with Crippen molar-refractivity contribution in [1.82, 2.24) is 9.88 Å². The Morgan fingerprint density at radius 3 is 2.78 bits per heavy atom. The lowest BCUT2D eigenvalue weighted by molar-refractivity contribution is 0.0974. The van der Waals surface area contributed by atoms with Gasteiger partial charge >= 0.3 is 0 Å². The van der Waals surface area contributed by atoms with E-state index in [9.17, 15) is 0 Å². The van der Waals surface area contributed by atoms with Crippen molar-refractivity contribution in [2.75, 3.05) is 30.7 Å². The van der Waals surface area contributed by atoms with Crippen molar-refractivity contribution >= 4 is 11.5 Å². The number of nitrogen functional groups attached to an aromatic ring is 1. The molecule has 3 fully saturated rings. The van der Waals surface area contributed by atoms with Gasteiger partial charge in [0.05, 0.1) is 11.3 Å². The minimum Gasteiger partial charge on any atom is -0.396 e. The molecule has 1 aromatic heterocycles. The number of nitrogens with zero attached hydrogens (tertiary/aromatic N) is 3. The Labute approximate surface area is 107 Å². The van der Waals surface area contributed by atoms with Crippen LogP contribution in [-0.4, -0.2) is 35.6 Å². The van der Waals surface area contributed by atoms with Crippen molar-refractivity contribution < 1.29 is 0 Å². The van der Waals surface area contributed by atoms with E-state index in [2.05, 4.69) is 15.2 Å². The molecule has 4 rings (SSSR count). The molecule has 3 aliphatic rings. The predicted octanol–water partition coefficient (Wildman–Crippen LogP) is 1.04. The average molecular weight is 243 g/mol. The molecule has 3 saturated heterocycles. The Kier molecular flexibility index (Phi) is 2.80. The number of anilines is 2. The standard InChI is InChI=1S/C13H17N5/c14-6-9-5-11(15)13(16-7-9)17-12-8-18-3-1-10(12)2-4-18/h5,7,10,12H,1-4,8,15H2,(H,16,17). The quantitative estimate of drug-likeness (QED) is 0.811. The molecule has 0 radical (unpaired) electrons. The van der Waals surface area contributed by atoms with Crippen LogP contribution in [-0.2, 0) is 0 Å². The van der Waals surface area contributed by atoms with Crippen molar-refractivity contribution in [3.8, 4) is 6.07 Å². The van der Waals surface area contributed by atoms with Crippen LogP contribution in [0.4, 0.5) is 11.5 Å². The summed E-state index contributed by atoms with van der Waals surface area (Å²) in [4.78, 5) is 6.73. The van der Waals surface area contributed by atoms with Crippen LogP contribution in [0.1, 0.15) is 18.4 Å². The zero-order valence-electron chi connectivity index (χ0n) is 10.3. The van der Waals surface area contributed by atoms with Crippen LogP contribution in [0.2, 0.25) is 0 Å². The number of aromatic nitrogens is 1. The summed E-state index contributed by atoms with van der Waals surface area (Å²) in [5.41, 5.74) is 6.99. The Morgan fingerprint density at radius 1 is 1.44 bits per heavy atom. The first-order chi connectivity index (χ1) is 8.76. The molecule has 2 bridgehead atoms. The van der Waals surface area contributed by atoms with Gasteiger partial charge in [-0.25, -0.2) is 4.98 Å². The fraction of sp³-hybridized carbons (Fsp3) is 0.538. The van der Waals surface area contributed by atoms with E-state index in [1.54, 1.807) is 12.3 Å². The number of nitrogens with two attached hydrogens (primary N) is 1.